The van der Waals surface area contributed by atoms with Crippen LogP contribution in [0, 0.1) is 0 Å². The van der Waals surface area contributed by atoms with Gasteiger partial charge in [-0.25, -0.2) is 0 Å². The van der Waals surface area contributed by atoms with Crippen molar-refractivity contribution in [3.8, 4) is 5.75 Å². The minimum atomic E-state index is 0.0133. The highest BCUT2D eigenvalue weighted by Crippen LogP contribution is 2.13. The van der Waals surface area contributed by atoms with Crippen molar-refractivity contribution in [1.82, 2.24) is 4.90 Å². The molecule has 0 spiro atoms. The fourth-order valence-corrected chi connectivity index (χ4v) is 2.18. The third kappa shape index (κ3) is 2.85. The number of phenolic OH excluding ortho intramolecular Hbond substituents is 1. The summed E-state index contributed by atoms with van der Waals surface area (Å²) < 4.78 is 0. The van der Waals surface area contributed by atoms with E-state index in [1.807, 2.05) is 29.0 Å². The van der Waals surface area contributed by atoms with Crippen molar-refractivity contribution in [2.45, 2.75) is 6.54 Å². The first kappa shape index (κ1) is 11.7. The summed E-state index contributed by atoms with van der Waals surface area (Å²) in [4.78, 5) is 13.6. The van der Waals surface area contributed by atoms with E-state index in [2.05, 4.69) is 0 Å². The van der Waals surface area contributed by atoms with Crippen LogP contribution in [0.15, 0.2) is 41.1 Å². The highest BCUT2D eigenvalue weighted by atomic mass is 32.1. The topological polar surface area (TPSA) is 40.5 Å². The number of rotatable bonds is 3. The SMILES string of the molecule is CN(Cc1ccc(O)cc1)C(=O)c1ccsc1. The van der Waals surface area contributed by atoms with Gasteiger partial charge in [0.2, 0.25) is 0 Å². The third-order valence-corrected chi connectivity index (χ3v) is 3.15. The lowest BCUT2D eigenvalue weighted by Gasteiger charge is -2.16. The number of benzene rings is 1. The molecule has 0 atom stereocenters. The first-order chi connectivity index (χ1) is 8.16. The quantitative estimate of drug-likeness (QED) is 0.906. The predicted octanol–water partition coefficient (Wildman–Crippen LogP) is 2.73. The summed E-state index contributed by atoms with van der Waals surface area (Å²) in [7, 11) is 1.77. The lowest BCUT2D eigenvalue weighted by molar-refractivity contribution is 0.0785. The lowest BCUT2D eigenvalue weighted by Crippen LogP contribution is -2.25. The molecule has 0 aliphatic heterocycles. The number of amides is 1. The molecule has 0 aliphatic rings. The Hall–Kier alpha value is -1.81. The molecule has 2 aromatic rings. The number of thiophene rings is 1. The molecule has 0 bridgehead atoms. The van der Waals surface area contributed by atoms with Crippen LogP contribution in [0.3, 0.4) is 0 Å². The van der Waals surface area contributed by atoms with Gasteiger partial charge in [-0.05, 0) is 29.1 Å². The van der Waals surface area contributed by atoms with Gasteiger partial charge in [-0.2, -0.15) is 11.3 Å². The zero-order valence-electron chi connectivity index (χ0n) is 9.46. The maximum atomic E-state index is 12.0. The number of hydrogen-bond acceptors (Lipinski definition) is 3. The zero-order chi connectivity index (χ0) is 12.3. The molecular weight excluding hydrogens is 234 g/mol. The van der Waals surface area contributed by atoms with Crippen molar-refractivity contribution in [2.75, 3.05) is 7.05 Å². The van der Waals surface area contributed by atoms with Crippen LogP contribution in [0.5, 0.6) is 5.75 Å². The van der Waals surface area contributed by atoms with Gasteiger partial charge in [0.25, 0.3) is 5.91 Å². The van der Waals surface area contributed by atoms with Gasteiger partial charge in [0.05, 0.1) is 5.56 Å². The van der Waals surface area contributed by atoms with Crippen LogP contribution in [-0.4, -0.2) is 23.0 Å². The molecule has 1 amide bonds. The van der Waals surface area contributed by atoms with E-state index in [-0.39, 0.29) is 11.7 Å². The highest BCUT2D eigenvalue weighted by Gasteiger charge is 2.11. The number of nitrogens with zero attached hydrogens (tertiary/aromatic N) is 1. The summed E-state index contributed by atoms with van der Waals surface area (Å²) in [6.45, 7) is 0.537. The largest absolute Gasteiger partial charge is 0.508 e. The fraction of sp³-hybridized carbons (Fsp3) is 0.154. The Labute approximate surface area is 104 Å². The van der Waals surface area contributed by atoms with Crippen LogP contribution in [0.2, 0.25) is 0 Å². The second kappa shape index (κ2) is 5.01. The normalized spacial score (nSPS) is 10.2. The molecule has 0 saturated heterocycles. The second-order valence-electron chi connectivity index (χ2n) is 3.84. The molecule has 0 aliphatic carbocycles. The summed E-state index contributed by atoms with van der Waals surface area (Å²) in [5, 5.41) is 12.9. The molecule has 1 heterocycles. The summed E-state index contributed by atoms with van der Waals surface area (Å²) in [5.74, 6) is 0.250. The van der Waals surface area contributed by atoms with Crippen LogP contribution < -0.4 is 0 Å². The molecule has 88 valence electrons. The van der Waals surface area contributed by atoms with Crippen molar-refractivity contribution in [3.05, 3.63) is 52.2 Å². The van der Waals surface area contributed by atoms with E-state index in [0.29, 0.717) is 6.54 Å². The number of carbonyl (C=O) groups excluding carboxylic acids is 1. The first-order valence-electron chi connectivity index (χ1n) is 5.22. The van der Waals surface area contributed by atoms with Crippen molar-refractivity contribution in [2.24, 2.45) is 0 Å². The van der Waals surface area contributed by atoms with Gasteiger partial charge in [-0.1, -0.05) is 12.1 Å². The monoisotopic (exact) mass is 247 g/mol. The fourth-order valence-electron chi connectivity index (χ4n) is 1.55. The number of hydrogen-bond donors (Lipinski definition) is 1. The van der Waals surface area contributed by atoms with Crippen molar-refractivity contribution in [1.29, 1.82) is 0 Å². The van der Waals surface area contributed by atoms with E-state index in [9.17, 15) is 9.90 Å². The minimum absolute atomic E-state index is 0.0133. The number of carbonyl (C=O) groups is 1. The van der Waals surface area contributed by atoms with Crippen LogP contribution in [0.4, 0.5) is 0 Å². The molecule has 0 radical (unpaired) electrons. The van der Waals surface area contributed by atoms with E-state index in [1.165, 1.54) is 11.3 Å². The Morgan fingerprint density at radius 2 is 2.00 bits per heavy atom. The van der Waals surface area contributed by atoms with Crippen molar-refractivity contribution in [3.63, 3.8) is 0 Å². The molecule has 0 fully saturated rings. The number of aromatic hydroxyl groups is 1. The molecule has 2 rings (SSSR count). The smallest absolute Gasteiger partial charge is 0.254 e. The van der Waals surface area contributed by atoms with Crippen molar-refractivity contribution < 1.29 is 9.90 Å². The molecule has 3 nitrogen and oxygen atoms in total. The summed E-state index contributed by atoms with van der Waals surface area (Å²) >= 11 is 1.51. The molecule has 1 aromatic heterocycles. The lowest BCUT2D eigenvalue weighted by atomic mass is 10.2. The average molecular weight is 247 g/mol. The molecule has 1 aromatic carbocycles. The Balaban J connectivity index is 2.04. The van der Waals surface area contributed by atoms with Gasteiger partial charge >= 0.3 is 0 Å². The van der Waals surface area contributed by atoms with E-state index < -0.39 is 0 Å². The van der Waals surface area contributed by atoms with Gasteiger partial charge < -0.3 is 10.0 Å². The third-order valence-electron chi connectivity index (χ3n) is 2.47. The Morgan fingerprint density at radius 3 is 2.59 bits per heavy atom. The summed E-state index contributed by atoms with van der Waals surface area (Å²) in [6, 6.07) is 8.69. The molecule has 0 saturated carbocycles. The zero-order valence-corrected chi connectivity index (χ0v) is 10.3. The van der Waals surface area contributed by atoms with Gasteiger partial charge in [0.1, 0.15) is 5.75 Å². The Bertz CT molecular complexity index is 491. The van der Waals surface area contributed by atoms with Gasteiger partial charge in [-0.3, -0.25) is 4.79 Å². The summed E-state index contributed by atoms with van der Waals surface area (Å²) in [6.07, 6.45) is 0. The van der Waals surface area contributed by atoms with Crippen LogP contribution in [0.1, 0.15) is 15.9 Å². The summed E-state index contributed by atoms with van der Waals surface area (Å²) in [5.41, 5.74) is 1.71. The maximum Gasteiger partial charge on any atom is 0.254 e. The van der Waals surface area contributed by atoms with Gasteiger partial charge in [0, 0.05) is 19.0 Å². The molecular formula is C13H13NO2S. The first-order valence-corrected chi connectivity index (χ1v) is 6.16. The van der Waals surface area contributed by atoms with Gasteiger partial charge in [-0.15, -0.1) is 0 Å². The van der Waals surface area contributed by atoms with E-state index >= 15 is 0 Å². The van der Waals surface area contributed by atoms with E-state index in [0.717, 1.165) is 11.1 Å². The van der Waals surface area contributed by atoms with Crippen molar-refractivity contribution >= 4 is 17.2 Å². The predicted molar refractivity (Wildman–Crippen MR) is 68.2 cm³/mol. The minimum Gasteiger partial charge on any atom is -0.508 e. The maximum absolute atomic E-state index is 12.0. The van der Waals surface area contributed by atoms with Crippen LogP contribution >= 0.6 is 11.3 Å². The standard InChI is InChI=1S/C13H13NO2S/c1-14(13(16)11-6-7-17-9-11)8-10-2-4-12(15)5-3-10/h2-7,9,15H,8H2,1H3. The molecule has 4 heteroatoms. The highest BCUT2D eigenvalue weighted by molar-refractivity contribution is 7.08. The molecule has 0 unspecified atom stereocenters. The van der Waals surface area contributed by atoms with Gasteiger partial charge in [0.15, 0.2) is 0 Å². The van der Waals surface area contributed by atoms with E-state index in [4.69, 9.17) is 0 Å². The molecule has 1 N–H and O–H groups in total. The number of phenols is 1. The Kier molecular flexibility index (Phi) is 3.44. The van der Waals surface area contributed by atoms with Crippen LogP contribution in [-0.2, 0) is 6.54 Å². The Morgan fingerprint density at radius 1 is 1.29 bits per heavy atom. The molecule has 17 heavy (non-hydrogen) atoms. The average Bonchev–Trinajstić information content (AvgIpc) is 2.84. The van der Waals surface area contributed by atoms with Crippen LogP contribution in [0.25, 0.3) is 0 Å². The second-order valence-corrected chi connectivity index (χ2v) is 4.62. The van der Waals surface area contributed by atoms with E-state index in [1.54, 1.807) is 24.1 Å².